The van der Waals surface area contributed by atoms with Gasteiger partial charge in [-0.2, -0.15) is 5.10 Å². The number of aromatic nitrogens is 5. The fourth-order valence-corrected chi connectivity index (χ4v) is 3.62. The maximum atomic E-state index is 13.4. The molecule has 28 heavy (non-hydrogen) atoms. The van der Waals surface area contributed by atoms with Crippen LogP contribution in [0.2, 0.25) is 0 Å². The number of halogens is 1. The zero-order valence-electron chi connectivity index (χ0n) is 15.1. The number of rotatable bonds is 3. The summed E-state index contributed by atoms with van der Waals surface area (Å²) in [6.45, 7) is 1.53. The second-order valence-corrected chi connectivity index (χ2v) is 6.84. The smallest absolute Gasteiger partial charge is 0.166 e. The van der Waals surface area contributed by atoms with Crippen molar-refractivity contribution >= 4 is 11.0 Å². The number of pyridine rings is 1. The Hall–Kier alpha value is -3.19. The molecule has 0 atom stereocenters. The molecule has 5 rings (SSSR count). The lowest BCUT2D eigenvalue weighted by molar-refractivity contribution is 0.0843. The van der Waals surface area contributed by atoms with Gasteiger partial charge in [-0.3, -0.25) is 9.55 Å². The van der Waals surface area contributed by atoms with Gasteiger partial charge in [-0.15, -0.1) is 5.10 Å². The average molecular weight is 375 g/mol. The number of imidazole rings is 1. The van der Waals surface area contributed by atoms with Crippen molar-refractivity contribution in [3.05, 3.63) is 66.4 Å². The Kier molecular flexibility index (Phi) is 4.29. The highest BCUT2D eigenvalue weighted by Gasteiger charge is 2.20. The first-order valence-electron chi connectivity index (χ1n) is 9.30. The first kappa shape index (κ1) is 16.9. The lowest BCUT2D eigenvalue weighted by atomic mass is 9.96. The van der Waals surface area contributed by atoms with Crippen molar-refractivity contribution in [2.45, 2.75) is 18.8 Å². The summed E-state index contributed by atoms with van der Waals surface area (Å²) in [5, 5.41) is 8.92. The summed E-state index contributed by atoms with van der Waals surface area (Å²) >= 11 is 0. The minimum Gasteiger partial charge on any atom is -0.381 e. The van der Waals surface area contributed by atoms with Crippen LogP contribution >= 0.6 is 0 Å². The van der Waals surface area contributed by atoms with E-state index in [9.17, 15) is 4.39 Å². The van der Waals surface area contributed by atoms with E-state index in [0.717, 1.165) is 48.5 Å². The van der Waals surface area contributed by atoms with E-state index in [1.165, 1.54) is 12.1 Å². The molecule has 1 aromatic carbocycles. The molecule has 1 saturated heterocycles. The molecule has 0 aliphatic carbocycles. The zero-order valence-corrected chi connectivity index (χ0v) is 15.1. The van der Waals surface area contributed by atoms with Gasteiger partial charge in [0.2, 0.25) is 0 Å². The second kappa shape index (κ2) is 7.09. The van der Waals surface area contributed by atoms with E-state index in [1.807, 2.05) is 22.8 Å². The summed E-state index contributed by atoms with van der Waals surface area (Å²) in [6.07, 6.45) is 5.38. The van der Waals surface area contributed by atoms with Gasteiger partial charge in [0.05, 0.1) is 22.9 Å². The molecule has 3 aromatic heterocycles. The fourth-order valence-electron chi connectivity index (χ4n) is 3.62. The summed E-state index contributed by atoms with van der Waals surface area (Å²) in [7, 11) is 0. The van der Waals surface area contributed by atoms with Crippen LogP contribution in [0.3, 0.4) is 0 Å². The second-order valence-electron chi connectivity index (χ2n) is 6.84. The molecule has 7 heteroatoms. The molecule has 4 aromatic rings. The van der Waals surface area contributed by atoms with E-state index in [0.29, 0.717) is 17.4 Å². The van der Waals surface area contributed by atoms with Gasteiger partial charge in [-0.1, -0.05) is 0 Å². The molecule has 0 bridgehead atoms. The third-order valence-corrected chi connectivity index (χ3v) is 5.10. The number of nitrogens with zero attached hydrogens (tertiary/aromatic N) is 5. The lowest BCUT2D eigenvalue weighted by Crippen LogP contribution is -2.15. The first-order chi connectivity index (χ1) is 13.8. The van der Waals surface area contributed by atoms with E-state index in [1.54, 1.807) is 24.5 Å². The fraction of sp³-hybridized carbons (Fsp3) is 0.238. The number of benzene rings is 1. The van der Waals surface area contributed by atoms with Crippen LogP contribution in [0.15, 0.2) is 54.9 Å². The third-order valence-electron chi connectivity index (χ3n) is 5.10. The van der Waals surface area contributed by atoms with Gasteiger partial charge in [0, 0.05) is 31.0 Å². The van der Waals surface area contributed by atoms with Crippen molar-refractivity contribution in [2.24, 2.45) is 0 Å². The quantitative estimate of drug-likeness (QED) is 0.543. The van der Waals surface area contributed by atoms with Gasteiger partial charge < -0.3 is 4.74 Å². The van der Waals surface area contributed by atoms with E-state index in [2.05, 4.69) is 15.2 Å². The van der Waals surface area contributed by atoms with Crippen LogP contribution < -0.4 is 0 Å². The van der Waals surface area contributed by atoms with Crippen molar-refractivity contribution in [2.75, 3.05) is 13.2 Å². The molecular weight excluding hydrogens is 357 g/mol. The average Bonchev–Trinajstić information content (AvgIpc) is 3.15. The van der Waals surface area contributed by atoms with Crippen LogP contribution in [0.5, 0.6) is 0 Å². The standard InChI is InChI=1S/C21H18FN5O/c22-15-1-3-16(4-2-15)27-20-13-23-10-7-18(20)24-21(27)19-6-5-17(25-26-19)14-8-11-28-12-9-14/h1-7,10,13-14H,8-9,11-12H2. The predicted molar refractivity (Wildman–Crippen MR) is 103 cm³/mol. The van der Waals surface area contributed by atoms with Crippen LogP contribution in [0.4, 0.5) is 4.39 Å². The molecule has 0 amide bonds. The van der Waals surface area contributed by atoms with Crippen molar-refractivity contribution in [3.8, 4) is 17.2 Å². The molecule has 4 heterocycles. The molecule has 6 nitrogen and oxygen atoms in total. The highest BCUT2D eigenvalue weighted by molar-refractivity contribution is 5.81. The van der Waals surface area contributed by atoms with Crippen molar-refractivity contribution in [1.29, 1.82) is 0 Å². The van der Waals surface area contributed by atoms with Gasteiger partial charge in [0.1, 0.15) is 11.5 Å². The summed E-state index contributed by atoms with van der Waals surface area (Å²) in [6, 6.07) is 12.1. The summed E-state index contributed by atoms with van der Waals surface area (Å²) < 4.78 is 20.8. The van der Waals surface area contributed by atoms with E-state index in [4.69, 9.17) is 9.72 Å². The van der Waals surface area contributed by atoms with Gasteiger partial charge >= 0.3 is 0 Å². The highest BCUT2D eigenvalue weighted by Crippen LogP contribution is 2.29. The minimum atomic E-state index is -0.284. The van der Waals surface area contributed by atoms with Crippen molar-refractivity contribution in [1.82, 2.24) is 24.7 Å². The Morgan fingerprint density at radius 3 is 2.54 bits per heavy atom. The molecule has 0 radical (unpaired) electrons. The molecule has 1 aliphatic rings. The third kappa shape index (κ3) is 3.03. The van der Waals surface area contributed by atoms with Gasteiger partial charge in [0.25, 0.3) is 0 Å². The monoisotopic (exact) mass is 375 g/mol. The summed E-state index contributed by atoms with van der Waals surface area (Å²) in [4.78, 5) is 8.95. The maximum absolute atomic E-state index is 13.4. The van der Waals surface area contributed by atoms with Gasteiger partial charge in [-0.25, -0.2) is 9.37 Å². The Bertz CT molecular complexity index is 1100. The Balaban J connectivity index is 1.60. The minimum absolute atomic E-state index is 0.284. The van der Waals surface area contributed by atoms with E-state index < -0.39 is 0 Å². The van der Waals surface area contributed by atoms with Crippen molar-refractivity contribution < 1.29 is 9.13 Å². The van der Waals surface area contributed by atoms with Crippen LogP contribution in [0, 0.1) is 5.82 Å². The number of ether oxygens (including phenoxy) is 1. The van der Waals surface area contributed by atoms with Crippen LogP contribution in [-0.2, 0) is 4.74 Å². The number of hydrogen-bond donors (Lipinski definition) is 0. The molecule has 1 aliphatic heterocycles. The molecule has 0 unspecified atom stereocenters. The van der Waals surface area contributed by atoms with Crippen LogP contribution in [-0.4, -0.2) is 37.9 Å². The van der Waals surface area contributed by atoms with Gasteiger partial charge in [0.15, 0.2) is 5.82 Å². The van der Waals surface area contributed by atoms with E-state index in [-0.39, 0.29) is 5.82 Å². The summed E-state index contributed by atoms with van der Waals surface area (Å²) in [5.74, 6) is 0.754. The Labute approximate surface area is 161 Å². The zero-order chi connectivity index (χ0) is 18.9. The molecule has 0 spiro atoms. The predicted octanol–water partition coefficient (Wildman–Crippen LogP) is 3.91. The molecule has 140 valence electrons. The normalized spacial score (nSPS) is 15.2. The Morgan fingerprint density at radius 2 is 1.79 bits per heavy atom. The van der Waals surface area contributed by atoms with E-state index >= 15 is 0 Å². The summed E-state index contributed by atoms with van der Waals surface area (Å²) in [5.41, 5.74) is 4.07. The molecular formula is C21H18FN5O. The van der Waals surface area contributed by atoms with Crippen molar-refractivity contribution in [3.63, 3.8) is 0 Å². The lowest BCUT2D eigenvalue weighted by Gasteiger charge is -2.21. The highest BCUT2D eigenvalue weighted by atomic mass is 19.1. The number of fused-ring (bicyclic) bond motifs is 1. The van der Waals surface area contributed by atoms with Crippen LogP contribution in [0.1, 0.15) is 24.5 Å². The SMILES string of the molecule is Fc1ccc(-n2c(-c3ccc(C4CCOCC4)nn3)nc3ccncc32)cc1. The molecule has 0 N–H and O–H groups in total. The largest absolute Gasteiger partial charge is 0.381 e. The first-order valence-corrected chi connectivity index (χ1v) is 9.30. The topological polar surface area (TPSA) is 65.7 Å². The maximum Gasteiger partial charge on any atom is 0.166 e. The molecule has 1 fully saturated rings. The number of hydrogen-bond acceptors (Lipinski definition) is 5. The van der Waals surface area contributed by atoms with Crippen LogP contribution in [0.25, 0.3) is 28.2 Å². The Morgan fingerprint density at radius 1 is 0.964 bits per heavy atom. The van der Waals surface area contributed by atoms with Gasteiger partial charge in [-0.05, 0) is 55.3 Å². The molecule has 0 saturated carbocycles.